The number of rotatable bonds is 5. The normalized spacial score (nSPS) is 10.4. The fourth-order valence-electron chi connectivity index (χ4n) is 2.82. The lowest BCUT2D eigenvalue weighted by atomic mass is 10.1. The third-order valence-electron chi connectivity index (χ3n) is 4.22. The molecule has 4 rings (SSSR count). The van der Waals surface area contributed by atoms with Gasteiger partial charge < -0.3 is 5.32 Å². The van der Waals surface area contributed by atoms with E-state index in [-0.39, 0.29) is 11.6 Å². The summed E-state index contributed by atoms with van der Waals surface area (Å²) in [5, 5.41) is 6.79. The van der Waals surface area contributed by atoms with Gasteiger partial charge in [0.25, 0.3) is 12.3 Å². The van der Waals surface area contributed by atoms with Crippen LogP contribution in [-0.2, 0) is 0 Å². The van der Waals surface area contributed by atoms with Crippen LogP contribution in [0.4, 0.5) is 18.9 Å². The molecule has 3 aromatic heterocycles. The van der Waals surface area contributed by atoms with Gasteiger partial charge in [0, 0.05) is 41.6 Å². The maximum Gasteiger partial charge on any atom is 0.282 e. The van der Waals surface area contributed by atoms with E-state index in [1.165, 1.54) is 10.7 Å². The van der Waals surface area contributed by atoms with Crippen LogP contribution >= 0.6 is 0 Å². The molecule has 158 valence electrons. The number of alkyl halides is 3. The van der Waals surface area contributed by atoms with Crippen molar-refractivity contribution in [2.75, 3.05) is 12.5 Å². The second-order valence-corrected chi connectivity index (χ2v) is 6.15. The van der Waals surface area contributed by atoms with Crippen LogP contribution in [0.5, 0.6) is 0 Å². The molecule has 9 heteroatoms. The molecule has 0 bridgehead atoms. The molecule has 0 saturated carbocycles. The number of halogens is 3. The number of carbonyl (C=O) groups is 1. The van der Waals surface area contributed by atoms with Crippen LogP contribution in [0.2, 0.25) is 0 Å². The van der Waals surface area contributed by atoms with E-state index < -0.39 is 6.43 Å². The van der Waals surface area contributed by atoms with Crippen molar-refractivity contribution in [2.45, 2.75) is 6.43 Å². The summed E-state index contributed by atoms with van der Waals surface area (Å²) in [4.78, 5) is 20.3. The largest absolute Gasteiger partial charge is 0.322 e. The number of amides is 1. The highest BCUT2D eigenvalue weighted by molar-refractivity contribution is 6.04. The zero-order valence-corrected chi connectivity index (χ0v) is 16.4. The molecule has 0 aliphatic rings. The molecular weight excluding hydrogens is 407 g/mol. The minimum atomic E-state index is -2.70. The summed E-state index contributed by atoms with van der Waals surface area (Å²) in [5.41, 5.74) is 2.42. The van der Waals surface area contributed by atoms with Gasteiger partial charge in [-0.25, -0.2) is 13.5 Å². The predicted molar refractivity (Wildman–Crippen MR) is 111 cm³/mol. The summed E-state index contributed by atoms with van der Waals surface area (Å²) in [6, 6.07) is 14.7. The van der Waals surface area contributed by atoms with Crippen LogP contribution in [-0.4, -0.2) is 32.8 Å². The number of carbonyl (C=O) groups excluding carboxylic acids is 1. The average molecular weight is 425 g/mol. The lowest BCUT2D eigenvalue weighted by molar-refractivity contribution is 0.102. The van der Waals surface area contributed by atoms with E-state index in [2.05, 4.69) is 20.4 Å². The predicted octanol–water partition coefficient (Wildman–Crippen LogP) is 5.10. The zero-order valence-electron chi connectivity index (χ0n) is 16.4. The number of hydrogen-bond acceptors (Lipinski definition) is 4. The molecule has 0 unspecified atom stereocenters. The molecule has 0 fully saturated rings. The molecule has 3 heterocycles. The van der Waals surface area contributed by atoms with Gasteiger partial charge in [0.2, 0.25) is 0 Å². The van der Waals surface area contributed by atoms with Gasteiger partial charge >= 0.3 is 0 Å². The van der Waals surface area contributed by atoms with Gasteiger partial charge in [-0.2, -0.15) is 5.10 Å². The van der Waals surface area contributed by atoms with E-state index in [0.717, 1.165) is 0 Å². The molecule has 0 radical (unpaired) electrons. The molecule has 4 aromatic rings. The van der Waals surface area contributed by atoms with E-state index in [1.807, 2.05) is 0 Å². The Morgan fingerprint density at radius 1 is 0.968 bits per heavy atom. The maximum atomic E-state index is 13.2. The quantitative estimate of drug-likeness (QED) is 0.483. The van der Waals surface area contributed by atoms with Crippen LogP contribution in [0.25, 0.3) is 16.9 Å². The van der Waals surface area contributed by atoms with Crippen molar-refractivity contribution >= 4 is 11.6 Å². The van der Waals surface area contributed by atoms with Gasteiger partial charge in [-0.05, 0) is 54.6 Å². The summed E-state index contributed by atoms with van der Waals surface area (Å²) in [6.07, 6.45) is 3.65. The van der Waals surface area contributed by atoms with Crippen molar-refractivity contribution < 1.29 is 18.0 Å². The average Bonchev–Trinajstić information content (AvgIpc) is 3.28. The van der Waals surface area contributed by atoms with Gasteiger partial charge in [0.15, 0.2) is 0 Å². The number of nitrogens with one attached hydrogen (secondary N) is 1. The molecule has 1 amide bonds. The molecular formula is C22H18F3N5O. The first-order chi connectivity index (χ1) is 15.1. The van der Waals surface area contributed by atoms with E-state index in [0.29, 0.717) is 35.4 Å². The van der Waals surface area contributed by atoms with Crippen LogP contribution < -0.4 is 5.32 Å². The summed E-state index contributed by atoms with van der Waals surface area (Å²) in [7, 11) is 0.500. The Balaban J connectivity index is 0.00000132. The van der Waals surface area contributed by atoms with Crippen molar-refractivity contribution in [3.8, 4) is 16.9 Å². The highest BCUT2D eigenvalue weighted by Gasteiger charge is 2.18. The van der Waals surface area contributed by atoms with E-state index in [4.69, 9.17) is 0 Å². The summed E-state index contributed by atoms with van der Waals surface area (Å²) < 4.78 is 37.4. The lowest BCUT2D eigenvalue weighted by Gasteiger charge is -2.09. The molecule has 1 N–H and O–H groups in total. The van der Waals surface area contributed by atoms with Crippen molar-refractivity contribution in [3.05, 3.63) is 90.6 Å². The Hall–Kier alpha value is -4.01. The van der Waals surface area contributed by atoms with Crippen molar-refractivity contribution in [1.29, 1.82) is 0 Å². The molecule has 6 nitrogen and oxygen atoms in total. The number of aromatic nitrogens is 4. The van der Waals surface area contributed by atoms with E-state index >= 15 is 0 Å². The fourth-order valence-corrected chi connectivity index (χ4v) is 2.82. The first kappa shape index (κ1) is 21.7. The molecule has 0 saturated heterocycles. The summed E-state index contributed by atoms with van der Waals surface area (Å²) >= 11 is 0. The smallest absolute Gasteiger partial charge is 0.282 e. The second kappa shape index (κ2) is 10.1. The van der Waals surface area contributed by atoms with Gasteiger partial charge in [-0.3, -0.25) is 19.2 Å². The third-order valence-corrected chi connectivity index (χ3v) is 4.22. The standard InChI is InChI=1S/C21H15F2N5O.CH3F/c22-20(23)18-12-19(15-2-1-9-25-13-15)28(27-18)17-5-3-14(4-6-17)21(29)26-16-7-10-24-11-8-16;1-2/h1-13,20H,(H,24,26,29);1H3. The van der Waals surface area contributed by atoms with Gasteiger partial charge in [0.1, 0.15) is 5.69 Å². The Morgan fingerprint density at radius 3 is 2.29 bits per heavy atom. The highest BCUT2D eigenvalue weighted by Crippen LogP contribution is 2.28. The van der Waals surface area contributed by atoms with E-state index in [9.17, 15) is 18.0 Å². The van der Waals surface area contributed by atoms with Crippen LogP contribution in [0.1, 0.15) is 22.5 Å². The zero-order chi connectivity index (χ0) is 22.2. The van der Waals surface area contributed by atoms with Crippen molar-refractivity contribution in [1.82, 2.24) is 19.7 Å². The number of pyridine rings is 2. The minimum absolute atomic E-state index is 0.288. The Morgan fingerprint density at radius 2 is 1.68 bits per heavy atom. The van der Waals surface area contributed by atoms with Gasteiger partial charge in [-0.15, -0.1) is 0 Å². The first-order valence-corrected chi connectivity index (χ1v) is 9.10. The Bertz CT molecular complexity index is 1120. The molecule has 0 atom stereocenters. The molecule has 1 aromatic carbocycles. The summed E-state index contributed by atoms with van der Waals surface area (Å²) in [5.74, 6) is -0.288. The SMILES string of the molecule is CF.O=C(Nc1ccncc1)c1ccc(-n2nc(C(F)F)cc2-c2cccnc2)cc1. The van der Waals surface area contributed by atoms with Crippen molar-refractivity contribution in [2.24, 2.45) is 0 Å². The molecule has 31 heavy (non-hydrogen) atoms. The number of benzene rings is 1. The Labute approximate surface area is 176 Å². The number of anilines is 1. The third kappa shape index (κ3) is 5.13. The maximum absolute atomic E-state index is 13.2. The summed E-state index contributed by atoms with van der Waals surface area (Å²) in [6.45, 7) is 0. The molecule has 0 spiro atoms. The first-order valence-electron chi connectivity index (χ1n) is 9.10. The van der Waals surface area contributed by atoms with Gasteiger partial charge in [-0.1, -0.05) is 0 Å². The second-order valence-electron chi connectivity index (χ2n) is 6.15. The van der Waals surface area contributed by atoms with E-state index in [1.54, 1.807) is 73.3 Å². The van der Waals surface area contributed by atoms with Crippen LogP contribution in [0.15, 0.2) is 79.4 Å². The van der Waals surface area contributed by atoms with Crippen molar-refractivity contribution in [3.63, 3.8) is 0 Å². The lowest BCUT2D eigenvalue weighted by Crippen LogP contribution is -2.12. The van der Waals surface area contributed by atoms with Gasteiger partial charge in [0.05, 0.1) is 18.6 Å². The van der Waals surface area contributed by atoms with Crippen LogP contribution in [0, 0.1) is 0 Å². The minimum Gasteiger partial charge on any atom is -0.322 e. The molecule has 0 aliphatic carbocycles. The topological polar surface area (TPSA) is 72.7 Å². The molecule has 0 aliphatic heterocycles. The highest BCUT2D eigenvalue weighted by atomic mass is 19.3. The Kier molecular flexibility index (Phi) is 7.10. The fraction of sp³-hybridized carbons (Fsp3) is 0.0909. The van der Waals surface area contributed by atoms with Crippen LogP contribution in [0.3, 0.4) is 0 Å². The number of nitrogens with zero attached hydrogens (tertiary/aromatic N) is 4. The monoisotopic (exact) mass is 425 g/mol. The number of hydrogen-bond donors (Lipinski definition) is 1.